The number of nitrogens with zero attached hydrogens (tertiary/aromatic N) is 2. The molecular formula is C24H33N3O6. The summed E-state index contributed by atoms with van der Waals surface area (Å²) in [5.41, 5.74) is 1.15. The van der Waals surface area contributed by atoms with Crippen molar-refractivity contribution < 1.29 is 28.2 Å². The Hall–Kier alpha value is -3.07. The summed E-state index contributed by atoms with van der Waals surface area (Å²) in [6, 6.07) is 9.66. The van der Waals surface area contributed by atoms with Crippen molar-refractivity contribution >= 4 is 18.1 Å². The van der Waals surface area contributed by atoms with E-state index >= 15 is 0 Å². The molecule has 0 bridgehead atoms. The van der Waals surface area contributed by atoms with Crippen molar-refractivity contribution in [2.45, 2.75) is 58.3 Å². The van der Waals surface area contributed by atoms with Gasteiger partial charge in [-0.1, -0.05) is 50.6 Å². The summed E-state index contributed by atoms with van der Waals surface area (Å²) < 4.78 is 22.1. The van der Waals surface area contributed by atoms with E-state index in [9.17, 15) is 9.59 Å². The van der Waals surface area contributed by atoms with E-state index in [1.54, 1.807) is 7.11 Å². The highest BCUT2D eigenvalue weighted by atomic mass is 16.5. The third-order valence-corrected chi connectivity index (χ3v) is 5.58. The number of anilines is 1. The summed E-state index contributed by atoms with van der Waals surface area (Å²) >= 11 is 0. The van der Waals surface area contributed by atoms with E-state index in [1.165, 1.54) is 0 Å². The van der Waals surface area contributed by atoms with E-state index in [1.807, 2.05) is 49.1 Å². The molecule has 1 N–H and O–H groups in total. The van der Waals surface area contributed by atoms with Crippen LogP contribution in [0.1, 0.15) is 54.9 Å². The minimum atomic E-state index is -0.485. The fourth-order valence-electron chi connectivity index (χ4n) is 3.66. The number of aromatic nitrogens is 1. The van der Waals surface area contributed by atoms with E-state index in [2.05, 4.69) is 10.3 Å². The van der Waals surface area contributed by atoms with Gasteiger partial charge in [-0.15, -0.1) is 0 Å². The van der Waals surface area contributed by atoms with Gasteiger partial charge in [0.1, 0.15) is 12.4 Å². The topological polar surface area (TPSA) is 103 Å². The molecule has 9 nitrogen and oxygen atoms in total. The van der Waals surface area contributed by atoms with Gasteiger partial charge in [-0.05, 0) is 18.4 Å². The van der Waals surface area contributed by atoms with E-state index < -0.39 is 12.1 Å². The molecule has 0 aliphatic carbocycles. The number of ether oxygens (including phenoxy) is 3. The standard InChI is InChI=1S/C24H33N3O6/c1-4-6-14-31-22(28)21-19(5-2)33-23(26-21)27-13-12-18(20(15-27)30-3)25-24(29)32-16-17-10-8-7-9-11-17/h7-11,18,20H,4-6,12-16H2,1-3H3,(H,25,29)/t18-,20+/m1/s1. The number of rotatable bonds is 10. The van der Waals surface area contributed by atoms with Crippen LogP contribution >= 0.6 is 0 Å². The van der Waals surface area contributed by atoms with Gasteiger partial charge in [-0.2, -0.15) is 4.98 Å². The van der Waals surface area contributed by atoms with Crippen LogP contribution in [-0.4, -0.2) is 56.0 Å². The zero-order valence-corrected chi connectivity index (χ0v) is 19.5. The highest BCUT2D eigenvalue weighted by molar-refractivity contribution is 5.88. The van der Waals surface area contributed by atoms with Crippen LogP contribution in [0.4, 0.5) is 10.8 Å². The Morgan fingerprint density at radius 3 is 2.70 bits per heavy atom. The van der Waals surface area contributed by atoms with Crippen molar-refractivity contribution in [1.82, 2.24) is 10.3 Å². The smallest absolute Gasteiger partial charge is 0.407 e. The third kappa shape index (κ3) is 6.71. The Morgan fingerprint density at radius 2 is 2.00 bits per heavy atom. The number of oxazole rings is 1. The van der Waals surface area contributed by atoms with Crippen LogP contribution in [0.5, 0.6) is 0 Å². The molecule has 2 atom stereocenters. The van der Waals surface area contributed by atoms with Gasteiger partial charge in [-0.25, -0.2) is 9.59 Å². The lowest BCUT2D eigenvalue weighted by molar-refractivity contribution is 0.0490. The number of methoxy groups -OCH3 is 1. The van der Waals surface area contributed by atoms with Gasteiger partial charge in [0.2, 0.25) is 0 Å². The summed E-state index contributed by atoms with van der Waals surface area (Å²) in [7, 11) is 1.60. The van der Waals surface area contributed by atoms with Crippen molar-refractivity contribution in [1.29, 1.82) is 0 Å². The highest BCUT2D eigenvalue weighted by Gasteiger charge is 2.34. The molecule has 1 fully saturated rings. The van der Waals surface area contributed by atoms with E-state index in [0.29, 0.717) is 44.3 Å². The van der Waals surface area contributed by atoms with Crippen molar-refractivity contribution in [3.8, 4) is 0 Å². The Labute approximate surface area is 194 Å². The lowest BCUT2D eigenvalue weighted by Crippen LogP contribution is -2.55. The molecule has 0 spiro atoms. The molecule has 1 aromatic carbocycles. The summed E-state index contributed by atoms with van der Waals surface area (Å²) in [6.07, 6.45) is 2.12. The number of alkyl carbamates (subject to hydrolysis) is 1. The number of amides is 1. The number of nitrogens with one attached hydrogen (secondary N) is 1. The molecule has 9 heteroatoms. The molecule has 3 rings (SSSR count). The molecule has 1 aliphatic heterocycles. The fourth-order valence-corrected chi connectivity index (χ4v) is 3.66. The van der Waals surface area contributed by atoms with E-state index in [-0.39, 0.29) is 24.4 Å². The molecular weight excluding hydrogens is 426 g/mol. The lowest BCUT2D eigenvalue weighted by Gasteiger charge is -2.37. The monoisotopic (exact) mass is 459 g/mol. The number of piperidine rings is 1. The lowest BCUT2D eigenvalue weighted by atomic mass is 10.0. The number of carbonyl (C=O) groups excluding carboxylic acids is 2. The first kappa shape index (κ1) is 24.6. The van der Waals surface area contributed by atoms with Crippen LogP contribution in [0.2, 0.25) is 0 Å². The Morgan fingerprint density at radius 1 is 1.21 bits per heavy atom. The second kappa shape index (κ2) is 12.2. The number of aryl methyl sites for hydroxylation is 1. The zero-order chi connectivity index (χ0) is 23.6. The Bertz CT molecular complexity index is 901. The molecule has 1 amide bonds. The van der Waals surface area contributed by atoms with Gasteiger partial charge in [0.15, 0.2) is 5.69 Å². The predicted octanol–water partition coefficient (Wildman–Crippen LogP) is 3.71. The molecule has 1 saturated heterocycles. The Kier molecular flexibility index (Phi) is 9.12. The number of hydrogen-bond donors (Lipinski definition) is 1. The maximum atomic E-state index is 12.4. The summed E-state index contributed by atoms with van der Waals surface area (Å²) in [6.45, 7) is 5.54. The van der Waals surface area contributed by atoms with Crippen molar-refractivity contribution in [2.75, 3.05) is 31.7 Å². The average Bonchev–Trinajstić information content (AvgIpc) is 3.28. The maximum Gasteiger partial charge on any atom is 0.407 e. The normalized spacial score (nSPS) is 18.1. The first-order chi connectivity index (χ1) is 16.0. The molecule has 0 radical (unpaired) electrons. The van der Waals surface area contributed by atoms with Gasteiger partial charge in [0.25, 0.3) is 6.01 Å². The molecule has 1 aromatic heterocycles. The molecule has 2 heterocycles. The zero-order valence-electron chi connectivity index (χ0n) is 19.5. The number of benzene rings is 1. The number of esters is 1. The average molecular weight is 460 g/mol. The van der Waals surface area contributed by atoms with Crippen LogP contribution < -0.4 is 10.2 Å². The maximum absolute atomic E-state index is 12.4. The molecule has 2 aromatic rings. The molecule has 0 saturated carbocycles. The second-order valence-electron chi connectivity index (χ2n) is 7.93. The van der Waals surface area contributed by atoms with Crippen LogP contribution in [0.3, 0.4) is 0 Å². The summed E-state index contributed by atoms with van der Waals surface area (Å²) in [4.78, 5) is 31.0. The van der Waals surface area contributed by atoms with Gasteiger partial charge in [0.05, 0.1) is 25.3 Å². The van der Waals surface area contributed by atoms with Crippen LogP contribution in [-0.2, 0) is 27.2 Å². The fraction of sp³-hybridized carbons (Fsp3) is 0.542. The molecule has 1 aliphatic rings. The third-order valence-electron chi connectivity index (χ3n) is 5.58. The van der Waals surface area contributed by atoms with E-state index in [4.69, 9.17) is 18.6 Å². The van der Waals surface area contributed by atoms with Gasteiger partial charge >= 0.3 is 12.1 Å². The van der Waals surface area contributed by atoms with Crippen molar-refractivity contribution in [3.63, 3.8) is 0 Å². The summed E-state index contributed by atoms with van der Waals surface area (Å²) in [5.74, 6) is 0.0431. The molecule has 180 valence electrons. The first-order valence-electron chi connectivity index (χ1n) is 11.5. The number of carbonyl (C=O) groups is 2. The highest BCUT2D eigenvalue weighted by Crippen LogP contribution is 2.25. The summed E-state index contributed by atoms with van der Waals surface area (Å²) in [5, 5.41) is 2.90. The van der Waals surface area contributed by atoms with Crippen LogP contribution in [0.25, 0.3) is 0 Å². The quantitative estimate of drug-likeness (QED) is 0.424. The second-order valence-corrected chi connectivity index (χ2v) is 7.93. The minimum absolute atomic E-state index is 0.205. The van der Waals surface area contributed by atoms with Crippen LogP contribution in [0, 0.1) is 0 Å². The first-order valence-corrected chi connectivity index (χ1v) is 11.5. The van der Waals surface area contributed by atoms with E-state index in [0.717, 1.165) is 18.4 Å². The number of hydrogen-bond acceptors (Lipinski definition) is 8. The largest absolute Gasteiger partial charge is 0.461 e. The van der Waals surface area contributed by atoms with Gasteiger partial charge < -0.3 is 28.8 Å². The predicted molar refractivity (Wildman–Crippen MR) is 122 cm³/mol. The van der Waals surface area contributed by atoms with Crippen LogP contribution in [0.15, 0.2) is 34.7 Å². The molecule has 33 heavy (non-hydrogen) atoms. The van der Waals surface area contributed by atoms with Gasteiger partial charge in [-0.3, -0.25) is 0 Å². The van der Waals surface area contributed by atoms with Crippen molar-refractivity contribution in [2.24, 2.45) is 0 Å². The minimum Gasteiger partial charge on any atom is -0.461 e. The molecule has 0 unspecified atom stereocenters. The van der Waals surface area contributed by atoms with Crippen molar-refractivity contribution in [3.05, 3.63) is 47.3 Å². The SMILES string of the molecule is CCCCOC(=O)c1nc(N2CC[C@@H](NC(=O)OCc3ccccc3)[C@@H](OC)C2)oc1CC. The van der Waals surface area contributed by atoms with Gasteiger partial charge in [0, 0.05) is 20.1 Å². The Balaban J connectivity index is 1.57. The number of unbranched alkanes of at least 4 members (excludes halogenated alkanes) is 1.